The Balaban J connectivity index is 1.66. The molecule has 0 spiro atoms. The minimum atomic E-state index is -3.75. The van der Waals surface area contributed by atoms with E-state index >= 15 is 0 Å². The molecule has 0 saturated heterocycles. The fourth-order valence-corrected chi connectivity index (χ4v) is 4.74. The molecule has 0 saturated carbocycles. The van der Waals surface area contributed by atoms with E-state index in [9.17, 15) is 13.2 Å². The molecule has 4 rings (SSSR count). The van der Waals surface area contributed by atoms with Gasteiger partial charge < -0.3 is 9.64 Å². The Kier molecular flexibility index (Phi) is 5.69. The van der Waals surface area contributed by atoms with Gasteiger partial charge in [-0.25, -0.2) is 8.42 Å². The zero-order valence-electron chi connectivity index (χ0n) is 17.4. The second kappa shape index (κ2) is 8.43. The molecule has 1 unspecified atom stereocenters. The number of nitrogens with zero attached hydrogens (tertiary/aromatic N) is 2. The molecule has 0 aromatic heterocycles. The van der Waals surface area contributed by atoms with Gasteiger partial charge in [-0.05, 0) is 49.2 Å². The molecule has 1 amide bonds. The Hall–Kier alpha value is -3.32. The van der Waals surface area contributed by atoms with Crippen molar-refractivity contribution in [2.24, 2.45) is 0 Å². The average Bonchev–Trinajstić information content (AvgIpc) is 3.08. The van der Waals surface area contributed by atoms with Crippen molar-refractivity contribution in [2.45, 2.75) is 19.4 Å². The van der Waals surface area contributed by atoms with Crippen molar-refractivity contribution in [1.29, 1.82) is 0 Å². The van der Waals surface area contributed by atoms with Crippen LogP contribution in [0.25, 0.3) is 0 Å². The summed E-state index contributed by atoms with van der Waals surface area (Å²) in [5, 5.41) is 0. The molecular formula is C24H24N2O4S. The van der Waals surface area contributed by atoms with Crippen molar-refractivity contribution in [3.8, 4) is 11.5 Å². The lowest BCUT2D eigenvalue weighted by Gasteiger charge is -2.28. The Morgan fingerprint density at radius 3 is 2.39 bits per heavy atom. The summed E-state index contributed by atoms with van der Waals surface area (Å²) in [6.45, 7) is 1.65. The second-order valence-corrected chi connectivity index (χ2v) is 9.50. The molecule has 6 nitrogen and oxygen atoms in total. The Morgan fingerprint density at radius 1 is 1.00 bits per heavy atom. The monoisotopic (exact) mass is 436 g/mol. The molecule has 3 aromatic carbocycles. The van der Waals surface area contributed by atoms with E-state index in [1.165, 1.54) is 0 Å². The molecule has 0 bridgehead atoms. The van der Waals surface area contributed by atoms with Gasteiger partial charge in [-0.15, -0.1) is 0 Å². The number of para-hydroxylation sites is 4. The summed E-state index contributed by atoms with van der Waals surface area (Å²) < 4.78 is 32.5. The first-order valence-corrected chi connectivity index (χ1v) is 11.9. The molecule has 1 aliphatic rings. The van der Waals surface area contributed by atoms with Crippen LogP contribution in [0, 0.1) is 0 Å². The number of carbonyl (C=O) groups excluding carboxylic acids is 1. The van der Waals surface area contributed by atoms with Crippen LogP contribution in [-0.4, -0.2) is 33.2 Å². The second-order valence-electron chi connectivity index (χ2n) is 7.60. The number of sulfonamides is 1. The van der Waals surface area contributed by atoms with Gasteiger partial charge in [-0.1, -0.05) is 48.5 Å². The highest BCUT2D eigenvalue weighted by Gasteiger charge is 2.33. The highest BCUT2D eigenvalue weighted by Crippen LogP contribution is 2.35. The van der Waals surface area contributed by atoms with Crippen LogP contribution < -0.4 is 13.9 Å². The van der Waals surface area contributed by atoms with Crippen molar-refractivity contribution < 1.29 is 17.9 Å². The Labute approximate surface area is 182 Å². The van der Waals surface area contributed by atoms with Crippen LogP contribution >= 0.6 is 0 Å². The predicted octanol–water partition coefficient (Wildman–Crippen LogP) is 4.22. The van der Waals surface area contributed by atoms with Gasteiger partial charge in [0.2, 0.25) is 15.9 Å². The lowest BCUT2D eigenvalue weighted by atomic mass is 10.1. The van der Waals surface area contributed by atoms with Gasteiger partial charge in [-0.2, -0.15) is 0 Å². The molecule has 0 radical (unpaired) electrons. The van der Waals surface area contributed by atoms with Gasteiger partial charge in [0, 0.05) is 11.7 Å². The van der Waals surface area contributed by atoms with E-state index in [1.807, 2.05) is 49.4 Å². The van der Waals surface area contributed by atoms with Crippen LogP contribution in [0.5, 0.6) is 11.5 Å². The quantitative estimate of drug-likeness (QED) is 0.580. The maximum atomic E-state index is 13.3. The van der Waals surface area contributed by atoms with Crippen LogP contribution in [0.15, 0.2) is 78.9 Å². The van der Waals surface area contributed by atoms with Crippen molar-refractivity contribution in [2.75, 3.05) is 22.0 Å². The molecule has 1 atom stereocenters. The topological polar surface area (TPSA) is 66.9 Å². The summed E-state index contributed by atoms with van der Waals surface area (Å²) in [4.78, 5) is 15.0. The number of amides is 1. The van der Waals surface area contributed by atoms with E-state index in [0.717, 1.165) is 28.2 Å². The highest BCUT2D eigenvalue weighted by atomic mass is 32.2. The van der Waals surface area contributed by atoms with Crippen LogP contribution in [0.1, 0.15) is 12.5 Å². The molecule has 1 heterocycles. The van der Waals surface area contributed by atoms with Gasteiger partial charge in [0.25, 0.3) is 0 Å². The van der Waals surface area contributed by atoms with Gasteiger partial charge >= 0.3 is 0 Å². The summed E-state index contributed by atoms with van der Waals surface area (Å²) in [5.41, 5.74) is 2.24. The average molecular weight is 437 g/mol. The summed E-state index contributed by atoms with van der Waals surface area (Å²) >= 11 is 0. The summed E-state index contributed by atoms with van der Waals surface area (Å²) in [6.07, 6.45) is 1.84. The SMILES string of the molecule is CC1Cc2ccccc2N1C(=O)CN(c1ccccc1Oc1ccccc1)S(C)(=O)=O. The first-order chi connectivity index (χ1) is 14.8. The maximum Gasteiger partial charge on any atom is 0.248 e. The first kappa shape index (κ1) is 20.9. The highest BCUT2D eigenvalue weighted by molar-refractivity contribution is 7.92. The molecular weight excluding hydrogens is 412 g/mol. The standard InChI is InChI=1S/C24H24N2O4S/c1-18-16-19-10-6-7-13-21(19)26(18)24(27)17-25(31(2,28)29)22-14-8-9-15-23(22)30-20-11-4-3-5-12-20/h3-15,18H,16-17H2,1-2H3. The largest absolute Gasteiger partial charge is 0.455 e. The van der Waals surface area contributed by atoms with Crippen LogP contribution in [0.2, 0.25) is 0 Å². The first-order valence-electron chi connectivity index (χ1n) is 10.0. The maximum absolute atomic E-state index is 13.3. The fourth-order valence-electron chi connectivity index (χ4n) is 3.89. The van der Waals surface area contributed by atoms with Crippen LogP contribution in [-0.2, 0) is 21.2 Å². The van der Waals surface area contributed by atoms with E-state index in [0.29, 0.717) is 17.2 Å². The zero-order valence-corrected chi connectivity index (χ0v) is 18.2. The molecule has 3 aromatic rings. The number of hydrogen-bond donors (Lipinski definition) is 0. The number of hydrogen-bond acceptors (Lipinski definition) is 4. The predicted molar refractivity (Wildman–Crippen MR) is 122 cm³/mol. The van der Waals surface area contributed by atoms with E-state index in [4.69, 9.17) is 4.74 Å². The minimum Gasteiger partial charge on any atom is -0.455 e. The molecule has 1 aliphatic heterocycles. The Bertz CT molecular complexity index is 1190. The van der Waals surface area contributed by atoms with E-state index in [2.05, 4.69) is 0 Å². The normalized spacial score (nSPS) is 15.4. The number of ether oxygens (including phenoxy) is 1. The third-order valence-corrected chi connectivity index (χ3v) is 6.39. The van der Waals surface area contributed by atoms with Gasteiger partial charge in [-0.3, -0.25) is 9.10 Å². The third kappa shape index (κ3) is 4.41. The third-order valence-electron chi connectivity index (χ3n) is 5.26. The van der Waals surface area contributed by atoms with Crippen molar-refractivity contribution in [3.63, 3.8) is 0 Å². The lowest BCUT2D eigenvalue weighted by Crippen LogP contribution is -2.45. The molecule has 0 aliphatic carbocycles. The van der Waals surface area contributed by atoms with Gasteiger partial charge in [0.05, 0.1) is 11.9 Å². The molecule has 7 heteroatoms. The fraction of sp³-hybridized carbons (Fsp3) is 0.208. The summed E-state index contributed by atoms with van der Waals surface area (Å²) in [7, 11) is -3.75. The lowest BCUT2D eigenvalue weighted by molar-refractivity contribution is -0.117. The minimum absolute atomic E-state index is 0.0397. The smallest absolute Gasteiger partial charge is 0.248 e. The summed E-state index contributed by atoms with van der Waals surface area (Å²) in [5.74, 6) is 0.663. The van der Waals surface area contributed by atoms with Crippen molar-refractivity contribution >= 4 is 27.3 Å². The van der Waals surface area contributed by atoms with E-state index in [-0.39, 0.29) is 18.5 Å². The van der Waals surface area contributed by atoms with Crippen molar-refractivity contribution in [3.05, 3.63) is 84.4 Å². The van der Waals surface area contributed by atoms with E-state index in [1.54, 1.807) is 41.3 Å². The van der Waals surface area contributed by atoms with Gasteiger partial charge in [0.15, 0.2) is 5.75 Å². The molecule has 0 fully saturated rings. The Morgan fingerprint density at radius 2 is 1.65 bits per heavy atom. The zero-order chi connectivity index (χ0) is 22.0. The molecule has 160 valence electrons. The van der Waals surface area contributed by atoms with Crippen molar-refractivity contribution in [1.82, 2.24) is 0 Å². The van der Waals surface area contributed by atoms with Crippen LogP contribution in [0.3, 0.4) is 0 Å². The number of anilines is 2. The summed E-state index contributed by atoms with van der Waals surface area (Å²) in [6, 6.07) is 23.6. The molecule has 0 N–H and O–H groups in total. The number of carbonyl (C=O) groups is 1. The number of rotatable bonds is 6. The molecule has 31 heavy (non-hydrogen) atoms. The van der Waals surface area contributed by atoms with Gasteiger partial charge in [0.1, 0.15) is 12.3 Å². The van der Waals surface area contributed by atoms with Crippen LogP contribution in [0.4, 0.5) is 11.4 Å². The number of fused-ring (bicyclic) bond motifs is 1. The number of benzene rings is 3. The van der Waals surface area contributed by atoms with E-state index < -0.39 is 10.0 Å².